The van der Waals surface area contributed by atoms with Crippen LogP contribution in [0.1, 0.15) is 15.9 Å². The average Bonchev–Trinajstić information content (AvgIpc) is 2.73. The smallest absolute Gasteiger partial charge is 0.262 e. The van der Waals surface area contributed by atoms with Gasteiger partial charge in [0.1, 0.15) is 11.5 Å². The lowest BCUT2D eigenvalue weighted by molar-refractivity contribution is -0.118. The third-order valence-corrected chi connectivity index (χ3v) is 5.14. The van der Waals surface area contributed by atoms with Gasteiger partial charge in [0.15, 0.2) is 6.61 Å². The quantitative estimate of drug-likeness (QED) is 0.670. The first-order valence-corrected chi connectivity index (χ1v) is 9.53. The summed E-state index contributed by atoms with van der Waals surface area (Å²) < 4.78 is 10.9. The highest BCUT2D eigenvalue weighted by atomic mass is 35.5. The summed E-state index contributed by atoms with van der Waals surface area (Å²) in [6.07, 6.45) is 0.603. The van der Waals surface area contributed by atoms with Crippen LogP contribution in [0.3, 0.4) is 0 Å². The van der Waals surface area contributed by atoms with Gasteiger partial charge in [-0.05, 0) is 35.4 Å². The fourth-order valence-electron chi connectivity index (χ4n) is 3.44. The molecule has 0 fully saturated rings. The largest absolute Gasteiger partial charge is 0.496 e. The summed E-state index contributed by atoms with van der Waals surface area (Å²) in [7, 11) is 1.64. The van der Waals surface area contributed by atoms with Crippen molar-refractivity contribution < 1.29 is 19.1 Å². The van der Waals surface area contributed by atoms with Crippen LogP contribution in [-0.4, -0.2) is 32.1 Å². The van der Waals surface area contributed by atoms with Gasteiger partial charge >= 0.3 is 0 Å². The molecule has 0 saturated carbocycles. The molecular formula is C22H19ClN2O4. The Kier molecular flexibility index (Phi) is 5.27. The van der Waals surface area contributed by atoms with Gasteiger partial charge in [0, 0.05) is 12.1 Å². The fraction of sp³-hybridized carbons (Fsp3) is 0.182. The first-order chi connectivity index (χ1) is 14.1. The summed E-state index contributed by atoms with van der Waals surface area (Å²) in [5.41, 5.74) is 1.79. The Bertz CT molecular complexity index is 1110. The fourth-order valence-corrected chi connectivity index (χ4v) is 3.68. The number of benzene rings is 3. The van der Waals surface area contributed by atoms with Crippen molar-refractivity contribution in [1.29, 1.82) is 0 Å². The van der Waals surface area contributed by atoms with E-state index in [0.717, 1.165) is 22.1 Å². The van der Waals surface area contributed by atoms with Gasteiger partial charge in [0.25, 0.3) is 11.8 Å². The molecule has 1 heterocycles. The van der Waals surface area contributed by atoms with Gasteiger partial charge in [-0.2, -0.15) is 0 Å². The lowest BCUT2D eigenvalue weighted by Crippen LogP contribution is -2.28. The highest BCUT2D eigenvalue weighted by Crippen LogP contribution is 2.33. The van der Waals surface area contributed by atoms with Crippen LogP contribution in [0, 0.1) is 0 Å². The molecule has 1 aliphatic rings. The van der Waals surface area contributed by atoms with Crippen molar-refractivity contribution in [2.24, 2.45) is 0 Å². The molecule has 3 aromatic carbocycles. The van der Waals surface area contributed by atoms with Crippen molar-refractivity contribution >= 4 is 39.9 Å². The second-order valence-corrected chi connectivity index (χ2v) is 7.05. The molecular weight excluding hydrogens is 392 g/mol. The minimum absolute atomic E-state index is 0.0867. The summed E-state index contributed by atoms with van der Waals surface area (Å²) in [6.45, 7) is 0.324. The molecule has 7 heteroatoms. The Morgan fingerprint density at radius 2 is 2.07 bits per heavy atom. The topological polar surface area (TPSA) is 76.7 Å². The molecule has 29 heavy (non-hydrogen) atoms. The van der Waals surface area contributed by atoms with E-state index in [1.165, 1.54) is 6.07 Å². The number of methoxy groups -OCH3 is 1. The third kappa shape index (κ3) is 3.84. The zero-order valence-electron chi connectivity index (χ0n) is 15.8. The molecule has 0 radical (unpaired) electrons. The van der Waals surface area contributed by atoms with Gasteiger partial charge in [-0.25, -0.2) is 0 Å². The van der Waals surface area contributed by atoms with E-state index in [1.807, 2.05) is 36.4 Å². The molecule has 6 nitrogen and oxygen atoms in total. The zero-order valence-corrected chi connectivity index (χ0v) is 16.5. The van der Waals surface area contributed by atoms with E-state index < -0.39 is 0 Å². The van der Waals surface area contributed by atoms with Gasteiger partial charge in [0.2, 0.25) is 0 Å². The van der Waals surface area contributed by atoms with Crippen LogP contribution in [0.5, 0.6) is 11.5 Å². The number of carbonyl (C=O) groups excluding carboxylic acids is 2. The van der Waals surface area contributed by atoms with Gasteiger partial charge < -0.3 is 20.1 Å². The summed E-state index contributed by atoms with van der Waals surface area (Å²) in [5.74, 6) is 0.649. The van der Waals surface area contributed by atoms with Crippen molar-refractivity contribution in [1.82, 2.24) is 5.32 Å². The number of hydrogen-bond donors (Lipinski definition) is 2. The van der Waals surface area contributed by atoms with Crippen LogP contribution >= 0.6 is 11.6 Å². The maximum Gasteiger partial charge on any atom is 0.262 e. The Hall–Kier alpha value is -3.25. The minimum atomic E-state index is -0.308. The first-order valence-electron chi connectivity index (χ1n) is 9.16. The minimum Gasteiger partial charge on any atom is -0.496 e. The van der Waals surface area contributed by atoms with Gasteiger partial charge in [-0.15, -0.1) is 0 Å². The Balaban J connectivity index is 1.50. The average molecular weight is 411 g/mol. The lowest BCUT2D eigenvalue weighted by atomic mass is 10.0. The predicted molar refractivity (Wildman–Crippen MR) is 112 cm³/mol. The molecule has 0 bridgehead atoms. The van der Waals surface area contributed by atoms with Crippen LogP contribution in [-0.2, 0) is 11.2 Å². The maximum atomic E-state index is 12.7. The molecule has 0 aliphatic carbocycles. The number of halogens is 1. The molecule has 1 aliphatic heterocycles. The van der Waals surface area contributed by atoms with E-state index in [0.29, 0.717) is 30.0 Å². The van der Waals surface area contributed by atoms with Gasteiger partial charge in [0.05, 0.1) is 23.4 Å². The summed E-state index contributed by atoms with van der Waals surface area (Å²) in [6, 6.07) is 15.1. The zero-order chi connectivity index (χ0) is 20.4. The summed E-state index contributed by atoms with van der Waals surface area (Å²) in [4.78, 5) is 24.1. The number of hydrogen-bond acceptors (Lipinski definition) is 4. The maximum absolute atomic E-state index is 12.7. The van der Waals surface area contributed by atoms with Crippen molar-refractivity contribution in [3.63, 3.8) is 0 Å². The number of ether oxygens (including phenoxy) is 2. The number of nitrogens with one attached hydrogen (secondary N) is 2. The molecule has 2 amide bonds. The van der Waals surface area contributed by atoms with Crippen molar-refractivity contribution in [2.45, 2.75) is 6.42 Å². The first kappa shape index (κ1) is 19.1. The molecule has 0 aromatic heterocycles. The van der Waals surface area contributed by atoms with Crippen LogP contribution < -0.4 is 20.1 Å². The Morgan fingerprint density at radius 1 is 1.24 bits per heavy atom. The predicted octanol–water partition coefficient (Wildman–Crippen LogP) is 3.81. The molecule has 3 aromatic rings. The van der Waals surface area contributed by atoms with E-state index in [2.05, 4.69) is 10.6 Å². The number of fused-ring (bicyclic) bond motifs is 2. The summed E-state index contributed by atoms with van der Waals surface area (Å²) >= 11 is 6.24. The Morgan fingerprint density at radius 3 is 2.90 bits per heavy atom. The van der Waals surface area contributed by atoms with E-state index in [9.17, 15) is 9.59 Å². The number of anilines is 1. The van der Waals surface area contributed by atoms with Crippen molar-refractivity contribution in [2.75, 3.05) is 25.6 Å². The standard InChI is InChI=1S/C22H19ClN2O4/c1-28-19-7-6-13-4-2-3-5-14(13)15(19)8-9-24-22(27)16-10-20-18(11-17(16)23)25-21(26)12-29-20/h2-7,10-11H,8-9,12H2,1H3,(H,24,27)(H,25,26). The lowest BCUT2D eigenvalue weighted by Gasteiger charge is -2.19. The van der Waals surface area contributed by atoms with E-state index in [-0.39, 0.29) is 23.4 Å². The van der Waals surface area contributed by atoms with Crippen LogP contribution in [0.2, 0.25) is 5.02 Å². The monoisotopic (exact) mass is 410 g/mol. The van der Waals surface area contributed by atoms with E-state index >= 15 is 0 Å². The number of amides is 2. The second-order valence-electron chi connectivity index (χ2n) is 6.64. The highest BCUT2D eigenvalue weighted by Gasteiger charge is 2.21. The SMILES string of the molecule is COc1ccc2ccccc2c1CCNC(=O)c1cc2c(cc1Cl)NC(=O)CO2. The second kappa shape index (κ2) is 8.01. The molecule has 4 rings (SSSR count). The van der Waals surface area contributed by atoms with Crippen LogP contribution in [0.15, 0.2) is 48.5 Å². The summed E-state index contributed by atoms with van der Waals surface area (Å²) in [5, 5.41) is 8.02. The number of rotatable bonds is 5. The molecule has 0 saturated heterocycles. The number of carbonyl (C=O) groups is 2. The van der Waals surface area contributed by atoms with Crippen molar-refractivity contribution in [3.05, 3.63) is 64.7 Å². The molecule has 0 spiro atoms. The molecule has 0 unspecified atom stereocenters. The highest BCUT2D eigenvalue weighted by molar-refractivity contribution is 6.34. The van der Waals surface area contributed by atoms with Crippen LogP contribution in [0.4, 0.5) is 5.69 Å². The molecule has 2 N–H and O–H groups in total. The van der Waals surface area contributed by atoms with Gasteiger partial charge in [-0.3, -0.25) is 9.59 Å². The van der Waals surface area contributed by atoms with E-state index in [4.69, 9.17) is 21.1 Å². The third-order valence-electron chi connectivity index (χ3n) is 4.82. The van der Waals surface area contributed by atoms with Gasteiger partial charge in [-0.1, -0.05) is 41.9 Å². The molecule has 148 valence electrons. The van der Waals surface area contributed by atoms with E-state index in [1.54, 1.807) is 13.2 Å². The Labute approximate surface area is 172 Å². The van der Waals surface area contributed by atoms with Crippen LogP contribution in [0.25, 0.3) is 10.8 Å². The normalized spacial score (nSPS) is 12.7. The molecule has 0 atom stereocenters. The van der Waals surface area contributed by atoms with Crippen molar-refractivity contribution in [3.8, 4) is 11.5 Å².